The van der Waals surface area contributed by atoms with E-state index >= 15 is 0 Å². The molecule has 1 aromatic carbocycles. The number of esters is 1. The van der Waals surface area contributed by atoms with Crippen LogP contribution in [-0.4, -0.2) is 70.8 Å². The maximum atomic E-state index is 14.5. The molecule has 9 heteroatoms. The quantitative estimate of drug-likeness (QED) is 0.220. The van der Waals surface area contributed by atoms with Gasteiger partial charge < -0.3 is 24.4 Å². The van der Waals surface area contributed by atoms with Crippen LogP contribution in [0.4, 0.5) is 5.69 Å². The first-order chi connectivity index (χ1) is 18.7. The molecule has 6 atom stereocenters. The van der Waals surface area contributed by atoms with Crippen molar-refractivity contribution in [3.63, 3.8) is 0 Å². The number of aliphatic hydroxyl groups excluding tert-OH is 1. The van der Waals surface area contributed by atoms with Crippen molar-refractivity contribution in [2.24, 2.45) is 11.8 Å². The normalized spacial score (nSPS) is 29.7. The lowest BCUT2D eigenvalue weighted by atomic mass is 9.66. The maximum Gasteiger partial charge on any atom is 0.312 e. The summed E-state index contributed by atoms with van der Waals surface area (Å²) in [6, 6.07) is 5.25. The van der Waals surface area contributed by atoms with Crippen molar-refractivity contribution in [2.45, 2.75) is 75.7 Å². The van der Waals surface area contributed by atoms with Gasteiger partial charge in [-0.1, -0.05) is 30.7 Å². The second kappa shape index (κ2) is 11.8. The third kappa shape index (κ3) is 5.03. The molecule has 0 aliphatic carbocycles. The SMILES string of the molecule is C=CCCCCOC(=O)[C@H]1[C@H]2C(=O)N([C@@H](CC)CO)C(C(=O)N(CC=C)c3ccc(Cl)cc3)C23CC[C@]1(C)O3. The van der Waals surface area contributed by atoms with Crippen LogP contribution in [0.3, 0.4) is 0 Å². The molecule has 1 N–H and O–H groups in total. The number of benzene rings is 1. The van der Waals surface area contributed by atoms with E-state index < -0.39 is 41.1 Å². The van der Waals surface area contributed by atoms with E-state index in [0.717, 1.165) is 12.8 Å². The molecule has 8 nitrogen and oxygen atoms in total. The number of unbranched alkanes of at least 4 members (excludes halogenated alkanes) is 2. The third-order valence-electron chi connectivity index (χ3n) is 8.54. The number of anilines is 1. The van der Waals surface area contributed by atoms with Gasteiger partial charge in [0, 0.05) is 17.3 Å². The molecule has 0 saturated carbocycles. The van der Waals surface area contributed by atoms with Crippen molar-refractivity contribution in [2.75, 3.05) is 24.7 Å². The molecule has 3 saturated heterocycles. The minimum atomic E-state index is -1.20. The fourth-order valence-corrected chi connectivity index (χ4v) is 6.81. The first-order valence-electron chi connectivity index (χ1n) is 13.8. The third-order valence-corrected chi connectivity index (χ3v) is 8.79. The van der Waals surface area contributed by atoms with E-state index in [1.165, 1.54) is 4.90 Å². The zero-order chi connectivity index (χ0) is 28.4. The van der Waals surface area contributed by atoms with Gasteiger partial charge in [-0.3, -0.25) is 14.4 Å². The van der Waals surface area contributed by atoms with Crippen molar-refractivity contribution >= 4 is 35.1 Å². The summed E-state index contributed by atoms with van der Waals surface area (Å²) in [7, 11) is 0. The van der Waals surface area contributed by atoms with Gasteiger partial charge in [0.25, 0.3) is 5.91 Å². The summed E-state index contributed by atoms with van der Waals surface area (Å²) in [5, 5.41) is 10.8. The summed E-state index contributed by atoms with van der Waals surface area (Å²) < 4.78 is 12.3. The van der Waals surface area contributed by atoms with Crippen LogP contribution in [-0.2, 0) is 23.9 Å². The number of nitrogens with zero attached hydrogens (tertiary/aromatic N) is 2. The lowest BCUT2D eigenvalue weighted by Crippen LogP contribution is -2.59. The number of hydrogen-bond acceptors (Lipinski definition) is 6. The highest BCUT2D eigenvalue weighted by Gasteiger charge is 2.79. The lowest BCUT2D eigenvalue weighted by Gasteiger charge is -2.39. The van der Waals surface area contributed by atoms with Gasteiger partial charge in [0.1, 0.15) is 17.6 Å². The van der Waals surface area contributed by atoms with Gasteiger partial charge in [-0.2, -0.15) is 0 Å². The van der Waals surface area contributed by atoms with Crippen molar-refractivity contribution in [3.8, 4) is 0 Å². The van der Waals surface area contributed by atoms with Gasteiger partial charge in [-0.05, 0) is 69.7 Å². The Morgan fingerprint density at radius 3 is 2.59 bits per heavy atom. The molecule has 39 heavy (non-hydrogen) atoms. The Kier molecular flexibility index (Phi) is 8.88. The number of carbonyl (C=O) groups is 3. The van der Waals surface area contributed by atoms with Crippen LogP contribution in [0.5, 0.6) is 0 Å². The fourth-order valence-electron chi connectivity index (χ4n) is 6.68. The second-order valence-corrected chi connectivity index (χ2v) is 11.3. The number of carbonyl (C=O) groups excluding carboxylic acids is 3. The number of amides is 2. The standard InChI is InChI=1S/C30H39ClN2O6/c1-5-8-9-10-18-38-28(37)24-23-26(35)33(21(7-3)19-34)25(30(23)16-15-29(24,4)39-30)27(36)32(17-6-2)22-13-11-20(31)12-14-22/h5-6,11-14,21,23-25,34H,1-2,7-10,15-19H2,3-4H3/t21-,23-,24+,25?,29-,30?/m0/s1. The number of fused-ring (bicyclic) bond motifs is 1. The maximum absolute atomic E-state index is 14.5. The molecule has 0 radical (unpaired) electrons. The molecule has 3 fully saturated rings. The zero-order valence-corrected chi connectivity index (χ0v) is 23.6. The van der Waals surface area contributed by atoms with Crippen LogP contribution in [0.1, 0.15) is 52.4 Å². The van der Waals surface area contributed by atoms with Gasteiger partial charge in [0.15, 0.2) is 0 Å². The monoisotopic (exact) mass is 558 g/mol. The molecule has 2 unspecified atom stereocenters. The molecule has 0 aromatic heterocycles. The summed E-state index contributed by atoms with van der Waals surface area (Å²) >= 11 is 6.09. The number of allylic oxidation sites excluding steroid dienone is 1. The number of hydrogen-bond donors (Lipinski definition) is 1. The van der Waals surface area contributed by atoms with E-state index in [-0.39, 0.29) is 31.6 Å². The van der Waals surface area contributed by atoms with Crippen LogP contribution >= 0.6 is 11.6 Å². The molecule has 212 valence electrons. The summed E-state index contributed by atoms with van der Waals surface area (Å²) in [5.74, 6) is -2.87. The zero-order valence-electron chi connectivity index (χ0n) is 22.8. The van der Waals surface area contributed by atoms with E-state index in [9.17, 15) is 19.5 Å². The lowest BCUT2D eigenvalue weighted by molar-refractivity contribution is -0.160. The molecule has 3 heterocycles. The summed E-state index contributed by atoms with van der Waals surface area (Å²) in [6.45, 7) is 11.4. The Labute approximate surface area is 235 Å². The van der Waals surface area contributed by atoms with Crippen molar-refractivity contribution in [1.29, 1.82) is 0 Å². The Hall–Kier alpha value is -2.68. The molecule has 4 rings (SSSR count). The number of likely N-dealkylation sites (tertiary alicyclic amines) is 1. The highest BCUT2D eigenvalue weighted by molar-refractivity contribution is 6.30. The molecular weight excluding hydrogens is 520 g/mol. The fraction of sp³-hybridized carbons (Fsp3) is 0.567. The Bertz CT molecular complexity index is 1110. The Balaban J connectivity index is 1.73. The molecule has 1 aromatic rings. The van der Waals surface area contributed by atoms with Gasteiger partial charge in [-0.15, -0.1) is 13.2 Å². The van der Waals surface area contributed by atoms with Crippen LogP contribution < -0.4 is 4.90 Å². The molecule has 2 bridgehead atoms. The minimum absolute atomic E-state index is 0.198. The van der Waals surface area contributed by atoms with Crippen LogP contribution in [0.2, 0.25) is 5.02 Å². The van der Waals surface area contributed by atoms with Gasteiger partial charge in [0.05, 0.1) is 30.8 Å². The van der Waals surface area contributed by atoms with E-state index in [0.29, 0.717) is 36.4 Å². The average molecular weight is 559 g/mol. The smallest absolute Gasteiger partial charge is 0.312 e. The molecule has 3 aliphatic heterocycles. The minimum Gasteiger partial charge on any atom is -0.465 e. The largest absolute Gasteiger partial charge is 0.465 e. The van der Waals surface area contributed by atoms with E-state index in [1.54, 1.807) is 35.2 Å². The van der Waals surface area contributed by atoms with Crippen LogP contribution in [0, 0.1) is 11.8 Å². The van der Waals surface area contributed by atoms with Gasteiger partial charge >= 0.3 is 5.97 Å². The van der Waals surface area contributed by atoms with Gasteiger partial charge in [0.2, 0.25) is 5.91 Å². The van der Waals surface area contributed by atoms with E-state index in [4.69, 9.17) is 21.1 Å². The highest BCUT2D eigenvalue weighted by Crippen LogP contribution is 2.63. The van der Waals surface area contributed by atoms with E-state index in [1.807, 2.05) is 19.9 Å². The number of ether oxygens (including phenoxy) is 2. The predicted molar refractivity (Wildman–Crippen MR) is 149 cm³/mol. The molecule has 1 spiro atoms. The molecular formula is C30H39ClN2O6. The number of rotatable bonds is 13. The topological polar surface area (TPSA) is 96.4 Å². The Morgan fingerprint density at radius 1 is 1.26 bits per heavy atom. The first kappa shape index (κ1) is 29.3. The summed E-state index contributed by atoms with van der Waals surface area (Å²) in [6.07, 6.45) is 7.22. The van der Waals surface area contributed by atoms with Crippen molar-refractivity contribution in [1.82, 2.24) is 4.90 Å². The molecule has 3 aliphatic rings. The van der Waals surface area contributed by atoms with Crippen molar-refractivity contribution < 1.29 is 29.0 Å². The summed E-state index contributed by atoms with van der Waals surface area (Å²) in [5.41, 5.74) is -1.53. The van der Waals surface area contributed by atoms with E-state index in [2.05, 4.69) is 13.2 Å². The highest BCUT2D eigenvalue weighted by atomic mass is 35.5. The molecule has 2 amide bonds. The van der Waals surface area contributed by atoms with Crippen LogP contribution in [0.15, 0.2) is 49.6 Å². The van der Waals surface area contributed by atoms with Crippen molar-refractivity contribution in [3.05, 3.63) is 54.6 Å². The predicted octanol–water partition coefficient (Wildman–Crippen LogP) is 4.29. The summed E-state index contributed by atoms with van der Waals surface area (Å²) in [4.78, 5) is 45.2. The second-order valence-electron chi connectivity index (χ2n) is 10.9. The first-order valence-corrected chi connectivity index (χ1v) is 14.2. The van der Waals surface area contributed by atoms with Gasteiger partial charge in [-0.25, -0.2) is 0 Å². The Morgan fingerprint density at radius 2 is 1.97 bits per heavy atom. The van der Waals surface area contributed by atoms with Crippen LogP contribution in [0.25, 0.3) is 0 Å². The number of aliphatic hydroxyl groups is 1. The number of halogens is 1. The average Bonchev–Trinajstić information content (AvgIpc) is 3.49.